The average Bonchev–Trinajstić information content (AvgIpc) is 2.39. The zero-order chi connectivity index (χ0) is 10.5. The van der Waals surface area contributed by atoms with Crippen LogP contribution in [0.15, 0.2) is 6.07 Å². The predicted molar refractivity (Wildman–Crippen MR) is 50.6 cm³/mol. The largest absolute Gasteiger partial charge is 0.504 e. The third kappa shape index (κ3) is 1.04. The molecular weight excluding hydrogens is 206 g/mol. The molecule has 0 spiro atoms. The summed E-state index contributed by atoms with van der Waals surface area (Å²) < 4.78 is 0. The van der Waals surface area contributed by atoms with Crippen molar-refractivity contribution in [1.29, 1.82) is 0 Å². The molecule has 2 N–H and O–H groups in total. The highest BCUT2D eigenvalue weighted by molar-refractivity contribution is 6.36. The van der Waals surface area contributed by atoms with Crippen molar-refractivity contribution >= 4 is 17.5 Å². The molecule has 0 saturated carbocycles. The van der Waals surface area contributed by atoms with Crippen molar-refractivity contribution in [1.82, 2.24) is 4.90 Å². The lowest BCUT2D eigenvalue weighted by atomic mass is 10.1. The van der Waals surface area contributed by atoms with Gasteiger partial charge < -0.3 is 15.1 Å². The second-order valence-corrected chi connectivity index (χ2v) is 3.63. The van der Waals surface area contributed by atoms with Gasteiger partial charge in [0.05, 0.1) is 10.6 Å². The molecule has 74 valence electrons. The first-order valence-corrected chi connectivity index (χ1v) is 4.39. The van der Waals surface area contributed by atoms with Crippen molar-refractivity contribution in [3.8, 4) is 11.5 Å². The van der Waals surface area contributed by atoms with Crippen LogP contribution in [0.4, 0.5) is 0 Å². The van der Waals surface area contributed by atoms with Gasteiger partial charge in [-0.1, -0.05) is 11.6 Å². The molecule has 0 aromatic heterocycles. The molecule has 14 heavy (non-hydrogen) atoms. The van der Waals surface area contributed by atoms with Gasteiger partial charge in [-0.3, -0.25) is 4.79 Å². The molecule has 1 amide bonds. The van der Waals surface area contributed by atoms with Gasteiger partial charge in [-0.05, 0) is 11.6 Å². The quantitative estimate of drug-likeness (QED) is 0.640. The molecule has 0 aliphatic carbocycles. The fourth-order valence-electron chi connectivity index (χ4n) is 1.55. The lowest BCUT2D eigenvalue weighted by Gasteiger charge is -2.05. The summed E-state index contributed by atoms with van der Waals surface area (Å²) in [5, 5.41) is 18.5. The number of hydrogen-bond acceptors (Lipinski definition) is 3. The molecule has 0 atom stereocenters. The Morgan fingerprint density at radius 3 is 2.79 bits per heavy atom. The molecule has 1 aliphatic heterocycles. The number of phenolic OH excluding ortho intramolecular Hbond substituents is 2. The number of carbonyl (C=O) groups excluding carboxylic acids is 1. The van der Waals surface area contributed by atoms with Crippen molar-refractivity contribution in [2.24, 2.45) is 0 Å². The molecule has 5 heteroatoms. The summed E-state index contributed by atoms with van der Waals surface area (Å²) in [5.41, 5.74) is 0.919. The Bertz CT molecular complexity index is 431. The predicted octanol–water partition coefficient (Wildman–Crippen LogP) is 1.34. The maximum atomic E-state index is 11.5. The summed E-state index contributed by atoms with van der Waals surface area (Å²) in [6.45, 7) is 0.404. The zero-order valence-electron chi connectivity index (χ0n) is 7.41. The van der Waals surface area contributed by atoms with Crippen molar-refractivity contribution in [3.05, 3.63) is 22.2 Å². The first-order chi connectivity index (χ1) is 6.52. The van der Waals surface area contributed by atoms with E-state index in [-0.39, 0.29) is 22.2 Å². The number of nitrogens with zero attached hydrogens (tertiary/aromatic N) is 1. The van der Waals surface area contributed by atoms with E-state index in [1.165, 1.54) is 11.0 Å². The number of aromatic hydroxyl groups is 2. The van der Waals surface area contributed by atoms with Gasteiger partial charge in [-0.15, -0.1) is 0 Å². The lowest BCUT2D eigenvalue weighted by molar-refractivity contribution is 0.0816. The van der Waals surface area contributed by atoms with Crippen LogP contribution >= 0.6 is 11.6 Å². The van der Waals surface area contributed by atoms with E-state index < -0.39 is 5.75 Å². The highest BCUT2D eigenvalue weighted by Crippen LogP contribution is 2.40. The second-order valence-electron chi connectivity index (χ2n) is 3.25. The van der Waals surface area contributed by atoms with Gasteiger partial charge >= 0.3 is 0 Å². The highest BCUT2D eigenvalue weighted by Gasteiger charge is 2.30. The number of rotatable bonds is 0. The highest BCUT2D eigenvalue weighted by atomic mass is 35.5. The summed E-state index contributed by atoms with van der Waals surface area (Å²) in [4.78, 5) is 13.0. The normalized spacial score (nSPS) is 14.7. The van der Waals surface area contributed by atoms with Crippen LogP contribution in [0.5, 0.6) is 11.5 Å². The molecule has 1 aromatic rings. The maximum Gasteiger partial charge on any atom is 0.255 e. The number of hydrogen-bond donors (Lipinski definition) is 2. The van der Waals surface area contributed by atoms with E-state index in [0.717, 1.165) is 0 Å². The van der Waals surface area contributed by atoms with E-state index in [1.54, 1.807) is 7.05 Å². The van der Waals surface area contributed by atoms with Crippen molar-refractivity contribution in [3.63, 3.8) is 0 Å². The van der Waals surface area contributed by atoms with Crippen LogP contribution in [0, 0.1) is 0 Å². The molecule has 0 unspecified atom stereocenters. The van der Waals surface area contributed by atoms with E-state index in [9.17, 15) is 15.0 Å². The number of fused-ring (bicyclic) bond motifs is 1. The SMILES string of the molecule is CN1Cc2cc(O)c(O)c(Cl)c2C1=O. The third-order valence-corrected chi connectivity index (χ3v) is 2.64. The number of amides is 1. The Morgan fingerprint density at radius 2 is 2.14 bits per heavy atom. The standard InChI is InChI=1S/C9H8ClNO3/c1-11-3-4-2-5(12)8(13)7(10)6(4)9(11)14/h2,12-13H,3H2,1H3. The smallest absolute Gasteiger partial charge is 0.255 e. The number of carbonyl (C=O) groups is 1. The van der Waals surface area contributed by atoms with Crippen LogP contribution in [0.2, 0.25) is 5.02 Å². The molecule has 1 aromatic carbocycles. The lowest BCUT2D eigenvalue weighted by Crippen LogP contribution is -2.17. The van der Waals surface area contributed by atoms with Crippen molar-refractivity contribution in [2.45, 2.75) is 6.54 Å². The minimum Gasteiger partial charge on any atom is -0.504 e. The van der Waals surface area contributed by atoms with E-state index in [2.05, 4.69) is 0 Å². The molecule has 0 saturated heterocycles. The molecule has 1 aliphatic rings. The van der Waals surface area contributed by atoms with Gasteiger partial charge in [-0.25, -0.2) is 0 Å². The van der Waals surface area contributed by atoms with Crippen molar-refractivity contribution < 1.29 is 15.0 Å². The van der Waals surface area contributed by atoms with Crippen LogP contribution in [0.3, 0.4) is 0 Å². The molecule has 0 bridgehead atoms. The molecule has 0 radical (unpaired) electrons. The fourth-order valence-corrected chi connectivity index (χ4v) is 1.85. The zero-order valence-corrected chi connectivity index (χ0v) is 8.17. The van der Waals surface area contributed by atoms with Gasteiger partial charge in [0.25, 0.3) is 5.91 Å². The first-order valence-electron chi connectivity index (χ1n) is 4.01. The fraction of sp³-hybridized carbons (Fsp3) is 0.222. The Morgan fingerprint density at radius 1 is 1.50 bits per heavy atom. The average molecular weight is 214 g/mol. The van der Waals surface area contributed by atoms with Gasteiger partial charge in [0.2, 0.25) is 0 Å². The monoisotopic (exact) mass is 213 g/mol. The van der Waals surface area contributed by atoms with Gasteiger partial charge in [-0.2, -0.15) is 0 Å². The minimum absolute atomic E-state index is 0.0747. The number of benzene rings is 1. The molecule has 0 fully saturated rings. The summed E-state index contributed by atoms with van der Waals surface area (Å²) >= 11 is 5.75. The molecule has 1 heterocycles. The van der Waals surface area contributed by atoms with Crippen molar-refractivity contribution in [2.75, 3.05) is 7.05 Å². The summed E-state index contributed by atoms with van der Waals surface area (Å²) in [7, 11) is 1.63. The summed E-state index contributed by atoms with van der Waals surface area (Å²) in [6.07, 6.45) is 0. The Balaban J connectivity index is 2.71. The van der Waals surface area contributed by atoms with Gasteiger partial charge in [0.15, 0.2) is 11.5 Å². The minimum atomic E-state index is -0.436. The van der Waals surface area contributed by atoms with E-state index in [4.69, 9.17) is 11.6 Å². The number of halogens is 1. The molecule has 4 nitrogen and oxygen atoms in total. The van der Waals surface area contributed by atoms with Crippen LogP contribution in [0.25, 0.3) is 0 Å². The Labute approximate surface area is 85.3 Å². The first kappa shape index (κ1) is 9.15. The van der Waals surface area contributed by atoms with Gasteiger partial charge in [0, 0.05) is 13.6 Å². The summed E-state index contributed by atoms with van der Waals surface area (Å²) in [6, 6.07) is 1.36. The number of phenols is 2. The Kier molecular flexibility index (Phi) is 1.82. The second kappa shape index (κ2) is 2.78. The van der Waals surface area contributed by atoms with Crippen LogP contribution in [-0.4, -0.2) is 28.1 Å². The van der Waals surface area contributed by atoms with Crippen LogP contribution in [0.1, 0.15) is 15.9 Å². The third-order valence-electron chi connectivity index (χ3n) is 2.27. The van der Waals surface area contributed by atoms with Crippen LogP contribution < -0.4 is 0 Å². The summed E-state index contributed by atoms with van der Waals surface area (Å²) in [5.74, 6) is -0.966. The molecular formula is C9H8ClNO3. The Hall–Kier alpha value is -1.42. The van der Waals surface area contributed by atoms with Gasteiger partial charge in [0.1, 0.15) is 0 Å². The van der Waals surface area contributed by atoms with Crippen LogP contribution in [-0.2, 0) is 6.54 Å². The molecule has 2 rings (SSSR count). The maximum absolute atomic E-state index is 11.5. The van der Waals surface area contributed by atoms with E-state index in [0.29, 0.717) is 12.1 Å². The van der Waals surface area contributed by atoms with E-state index >= 15 is 0 Å². The topological polar surface area (TPSA) is 60.8 Å². The van der Waals surface area contributed by atoms with E-state index in [1.807, 2.05) is 0 Å².